The van der Waals surface area contributed by atoms with E-state index in [1.165, 1.54) is 13.8 Å². The zero-order valence-corrected chi connectivity index (χ0v) is 64.6. The van der Waals surface area contributed by atoms with E-state index in [0.29, 0.717) is 75.5 Å². The number of amides is 12. The smallest absolute Gasteiger partial charge is 0.382 e. The van der Waals surface area contributed by atoms with Crippen molar-refractivity contribution in [2.45, 2.75) is 101 Å². The Morgan fingerprint density at radius 2 is 0.777 bits per heavy atom. The van der Waals surface area contributed by atoms with Gasteiger partial charge in [-0.1, -0.05) is 5.16 Å². The van der Waals surface area contributed by atoms with Crippen molar-refractivity contribution in [1.29, 1.82) is 0 Å². The first-order valence-electron chi connectivity index (χ1n) is 35.2. The molecule has 47 nitrogen and oxygen atoms in total. The number of fused-ring (bicyclic) bond motifs is 20. The number of carbonyl (C=O) groups is 10. The predicted octanol–water partition coefficient (Wildman–Crippen LogP) is -1.15. The highest BCUT2D eigenvalue weighted by atomic mass is 16.7. The predicted molar refractivity (Wildman–Crippen MR) is 390 cm³/mol. The second-order valence-corrected chi connectivity index (χ2v) is 27.5. The summed E-state index contributed by atoms with van der Waals surface area (Å²) in [6.45, 7) is 7.05. The number of urea groups is 5. The molecule has 0 radical (unpaired) electrons. The van der Waals surface area contributed by atoms with Crippen LogP contribution in [-0.2, 0) is 73.3 Å². The molecule has 47 heteroatoms. The maximum atomic E-state index is 12.5. The maximum Gasteiger partial charge on any atom is 0.428 e. The van der Waals surface area contributed by atoms with Crippen molar-refractivity contribution >= 4 is 89.1 Å². The molecule has 15 heterocycles. The van der Waals surface area contributed by atoms with Crippen LogP contribution in [0.25, 0.3) is 0 Å². The Balaban J connectivity index is 0.000000139. The first kappa shape index (κ1) is 80.0. The minimum absolute atomic E-state index is 0.0146. The molecule has 10 bridgehead atoms. The van der Waals surface area contributed by atoms with E-state index in [2.05, 4.69) is 82.2 Å². The van der Waals surface area contributed by atoms with Gasteiger partial charge in [0.25, 0.3) is 0 Å². The van der Waals surface area contributed by atoms with Crippen LogP contribution in [0.4, 0.5) is 28.8 Å². The molecule has 15 rings (SSSR count). The van der Waals surface area contributed by atoms with Gasteiger partial charge in [0.05, 0.1) is 89.7 Å². The monoisotopic (exact) mass is 1560 g/mol. The Bertz CT molecular complexity index is 4590. The molecule has 5 aromatic rings. The summed E-state index contributed by atoms with van der Waals surface area (Å²) in [6, 6.07) is -3.22. The van der Waals surface area contributed by atoms with E-state index in [0.717, 1.165) is 56.3 Å². The number of nitrogens with zero attached hydrogens (tertiary/aromatic N) is 25. The third-order valence-corrected chi connectivity index (χ3v) is 21.1. The van der Waals surface area contributed by atoms with Crippen LogP contribution < -0.4 is 39.1 Å². The third kappa shape index (κ3) is 14.4. The number of aryl methyl sites for hydroxylation is 5. The Hall–Kier alpha value is -13.0. The number of aliphatic imine (C=N–C) groups is 4. The fourth-order valence-electron chi connectivity index (χ4n) is 15.7. The lowest BCUT2D eigenvalue weighted by atomic mass is 9.97. The highest BCUT2D eigenvalue weighted by Crippen LogP contribution is 2.48. The number of nitrogens with one attached hydrogen (secondary N) is 4. The molecule has 0 spiro atoms. The highest BCUT2D eigenvalue weighted by Gasteiger charge is 2.55. The van der Waals surface area contributed by atoms with Crippen LogP contribution in [0.15, 0.2) is 56.1 Å². The molecular formula is C65H92N32O15. The van der Waals surface area contributed by atoms with Crippen LogP contribution >= 0.6 is 0 Å². The van der Waals surface area contributed by atoms with Gasteiger partial charge in [0.2, 0.25) is 5.91 Å². The number of oxime groups is 1. The zero-order valence-electron chi connectivity index (χ0n) is 64.6. The fraction of sp³-hybridized carbons (Fsp3) is 0.538. The molecule has 10 aliphatic rings. The van der Waals surface area contributed by atoms with E-state index in [1.807, 2.05) is 18.8 Å². The number of ketones is 1. The molecule has 602 valence electrons. The standard InChI is InChI=1S/C15H22N6O3.C13H19N7O3.C13H18N6O3.C12H17N7O3.C12H16N6O3/c1-9(22)5-4-6-21-12-10(7-17-21)11-8-20(15(23)19(11)3)13(12)14(16-2)18-24;1-15-12(17-23-6-9(14)21)11-10-7(4-16-19(10)3)8-5-20(11)13(22)18(8)2;1-7(20)22-16-12(14-2)11-10-8(5-15-18(10)4)9-6-19(11)13(21)17(9)3;1-14-10(16-22-11(13)20)9-8-6(4-15-18(8)3)7-5-19(9)12(21)17(7)2;1-6(19)21-15-11(13)10-9-7(4-14-17(9)3)8-5-18(10)12(20)16(8)2/h7,11,13,24H,4-6,8H2,1-3H3,(H,16,18);4,8,11H,5-6H2,1-3H3,(H2,14,21)(H,15,17);5,9,11H,6H2,1-4H3,(H,14,16);4,7,9H,5H2,1-3H3,(H2,13,20)(H,14,16);4,8,10H,5H2,1-3H3,(H2,13,15)/t11-,13-;8-,11-;9-,11-;7-,9-;8-,10-/m00000/s1. The molecule has 0 unspecified atom stereocenters. The average Bonchev–Trinajstić information content (AvgIpc) is 1.59. The first-order chi connectivity index (χ1) is 53.3. The fourth-order valence-corrected chi connectivity index (χ4v) is 15.7. The molecular weight excluding hydrogens is 1470 g/mol. The van der Waals surface area contributed by atoms with Crippen molar-refractivity contribution in [3.05, 3.63) is 87.3 Å². The van der Waals surface area contributed by atoms with Gasteiger partial charge in [0.15, 0.2) is 24.1 Å². The molecule has 112 heavy (non-hydrogen) atoms. The lowest BCUT2D eigenvalue weighted by molar-refractivity contribution is -0.145. The molecule has 5 aromatic heterocycles. The van der Waals surface area contributed by atoms with E-state index >= 15 is 0 Å². The number of hydrogen-bond acceptors (Lipinski definition) is 25. The largest absolute Gasteiger partial charge is 0.428 e. The normalized spacial score (nSPS) is 23.5. The van der Waals surface area contributed by atoms with Gasteiger partial charge in [0, 0.05) is 179 Å². The van der Waals surface area contributed by atoms with Crippen molar-refractivity contribution in [1.82, 2.24) is 120 Å². The number of aromatic nitrogens is 10. The van der Waals surface area contributed by atoms with Crippen LogP contribution in [-0.4, -0.2) is 295 Å². The van der Waals surface area contributed by atoms with E-state index in [4.69, 9.17) is 26.9 Å². The average molecular weight is 1560 g/mol. The van der Waals surface area contributed by atoms with Gasteiger partial charge in [-0.25, -0.2) is 44.5 Å². The van der Waals surface area contributed by atoms with Gasteiger partial charge >= 0.3 is 48.2 Å². The number of carbonyl (C=O) groups excluding carboxylic acids is 10. The van der Waals surface area contributed by atoms with Crippen molar-refractivity contribution in [3.8, 4) is 0 Å². The molecule has 10 aliphatic heterocycles. The number of rotatable bonds is 13. The number of likely N-dealkylation sites (N-methyl/N-ethyl adjacent to an activating group) is 5. The number of hydrogen-bond donors (Lipinski definition) is 8. The second kappa shape index (κ2) is 32.3. The molecule has 0 saturated carbocycles. The quantitative estimate of drug-likeness (QED) is 0.0299. The number of Topliss-reactive ketones (excluding diaryl/α,β-unsaturated/α-hetero) is 1. The third-order valence-electron chi connectivity index (χ3n) is 21.1. The summed E-state index contributed by atoms with van der Waals surface area (Å²) in [4.78, 5) is 169. The molecule has 11 N–H and O–H groups in total. The lowest BCUT2D eigenvalue weighted by Gasteiger charge is -2.32. The summed E-state index contributed by atoms with van der Waals surface area (Å²) in [5, 5.41) is 34.7. The van der Waals surface area contributed by atoms with E-state index in [1.54, 1.807) is 183 Å². The number of primary amides is 2. The Morgan fingerprint density at radius 1 is 0.455 bits per heavy atom. The summed E-state index contributed by atoms with van der Waals surface area (Å²) >= 11 is 0. The van der Waals surface area contributed by atoms with E-state index in [9.17, 15) is 53.2 Å². The van der Waals surface area contributed by atoms with Crippen molar-refractivity contribution < 1.29 is 72.5 Å². The van der Waals surface area contributed by atoms with Crippen LogP contribution in [0.2, 0.25) is 0 Å². The summed E-state index contributed by atoms with van der Waals surface area (Å²) in [5.74, 6) is -0.0458. The van der Waals surface area contributed by atoms with Gasteiger partial charge < -0.3 is 85.5 Å². The van der Waals surface area contributed by atoms with Crippen molar-refractivity contribution in [2.24, 2.45) is 70.5 Å². The van der Waals surface area contributed by atoms with Crippen LogP contribution in [0.1, 0.15) is 150 Å². The summed E-state index contributed by atoms with van der Waals surface area (Å²) in [7, 11) is 22.3. The van der Waals surface area contributed by atoms with Crippen molar-refractivity contribution in [2.75, 3.05) is 103 Å². The number of hydroxylamine groups is 4. The molecule has 5 saturated heterocycles. The number of nitrogens with two attached hydrogens (primary N) is 3. The van der Waals surface area contributed by atoms with Crippen molar-refractivity contribution in [3.63, 3.8) is 0 Å². The minimum atomic E-state index is -0.982. The van der Waals surface area contributed by atoms with Gasteiger partial charge in [-0.05, 0) is 13.3 Å². The SMILES string of the molecule is CC(=O)O/N=C(\N)[C@@H]1c2c(cnn2C)[C@@H]2CN1C(=O)N2C.CN=C(NO)[C@@H]1c2c(cnn2CCCC(C)=O)[C@@H]2CN1C(=O)N2C.CN=C(NOC(C)=O)[C@@H]1c2c(cnn2C)[C@@H]2CN1C(=O)N2C.CN=C(NOC(N)=O)[C@@H]1c2c(cnn2C)[C@@H]2CN1C(=O)N2C.CN=C(NOCC(N)=O)[C@@H]1c2c(cnn2C)[C@@H]2CN1C(=O)N2C. The Morgan fingerprint density at radius 3 is 1.10 bits per heavy atom. The van der Waals surface area contributed by atoms with E-state index < -0.39 is 54.1 Å². The molecule has 0 aliphatic carbocycles. The highest BCUT2D eigenvalue weighted by molar-refractivity contribution is 5.97. The molecule has 12 amide bonds. The number of amidine groups is 5. The summed E-state index contributed by atoms with van der Waals surface area (Å²) in [6.07, 6.45) is 8.99. The zero-order chi connectivity index (χ0) is 81.5. The lowest BCUT2D eigenvalue weighted by Crippen LogP contribution is -2.45. The van der Waals surface area contributed by atoms with Gasteiger partial charge in [-0.2, -0.15) is 25.5 Å². The molecule has 10 atom stereocenters. The summed E-state index contributed by atoms with van der Waals surface area (Å²) in [5.41, 5.74) is 34.8. The molecule has 5 fully saturated rings. The second-order valence-electron chi connectivity index (χ2n) is 27.5. The van der Waals surface area contributed by atoms with Crippen LogP contribution in [0.5, 0.6) is 0 Å². The Kier molecular flexibility index (Phi) is 23.1. The van der Waals surface area contributed by atoms with Gasteiger partial charge in [-0.3, -0.25) is 74.0 Å². The van der Waals surface area contributed by atoms with Gasteiger partial charge in [-0.15, -0.1) is 0 Å². The maximum absolute atomic E-state index is 12.5. The molecule has 0 aromatic carbocycles. The minimum Gasteiger partial charge on any atom is -0.382 e. The topological polar surface area (TPSA) is 537 Å². The van der Waals surface area contributed by atoms with Gasteiger partial charge in [0.1, 0.15) is 47.7 Å². The van der Waals surface area contributed by atoms with E-state index in [-0.39, 0.29) is 78.6 Å². The Labute approximate surface area is 640 Å². The van der Waals surface area contributed by atoms with Crippen LogP contribution in [0, 0.1) is 0 Å². The van der Waals surface area contributed by atoms with Crippen LogP contribution in [0.3, 0.4) is 0 Å². The first-order valence-corrected chi connectivity index (χ1v) is 35.2. The summed E-state index contributed by atoms with van der Waals surface area (Å²) < 4.78 is 8.64.